The van der Waals surface area contributed by atoms with Crippen LogP contribution in [-0.4, -0.2) is 58.0 Å². The number of pyridine rings is 2. The van der Waals surface area contributed by atoms with Crippen LogP contribution in [0.25, 0.3) is 39.5 Å². The van der Waals surface area contributed by atoms with E-state index < -0.39 is 20.2 Å². The van der Waals surface area contributed by atoms with Crippen molar-refractivity contribution in [3.63, 3.8) is 0 Å². The van der Waals surface area contributed by atoms with Crippen LogP contribution in [0, 0.1) is 0 Å². The second-order valence-electron chi connectivity index (χ2n) is 10.1. The topological polar surface area (TPSA) is 204 Å². The van der Waals surface area contributed by atoms with Crippen LogP contribution in [0.3, 0.4) is 0 Å². The van der Waals surface area contributed by atoms with E-state index in [1.807, 2.05) is 42.5 Å². The zero-order valence-electron chi connectivity index (χ0n) is 23.5. The van der Waals surface area contributed by atoms with E-state index in [0.717, 1.165) is 46.5 Å². The van der Waals surface area contributed by atoms with E-state index in [2.05, 4.69) is 45.9 Å². The van der Waals surface area contributed by atoms with Crippen molar-refractivity contribution in [3.8, 4) is 28.3 Å². The van der Waals surface area contributed by atoms with Gasteiger partial charge in [-0.05, 0) is 61.2 Å². The second-order valence-corrected chi connectivity index (χ2v) is 13.1. The average molecular weight is 625 g/mol. The second kappa shape index (κ2) is 12.6. The molecule has 1 aliphatic rings. The van der Waals surface area contributed by atoms with Crippen molar-refractivity contribution in [2.45, 2.75) is 24.8 Å². The molecule has 6 N–H and O–H groups in total. The lowest BCUT2D eigenvalue weighted by molar-refractivity contribution is 0.253. The summed E-state index contributed by atoms with van der Waals surface area (Å²) in [6, 6.07) is 26.4. The van der Waals surface area contributed by atoms with Gasteiger partial charge in [0.25, 0.3) is 20.2 Å². The number of hydrogen-bond donors (Lipinski definition) is 4. The Balaban J connectivity index is 0.000000369. The molecule has 2 aromatic carbocycles. The van der Waals surface area contributed by atoms with Gasteiger partial charge in [0.2, 0.25) is 0 Å². The third-order valence-corrected chi connectivity index (χ3v) is 6.60. The lowest BCUT2D eigenvalue weighted by atomic mass is 9.73. The van der Waals surface area contributed by atoms with Crippen molar-refractivity contribution in [3.05, 3.63) is 90.6 Å². The monoisotopic (exact) mass is 624 g/mol. The molecule has 43 heavy (non-hydrogen) atoms. The van der Waals surface area contributed by atoms with E-state index in [1.165, 1.54) is 12.0 Å². The molecular formula is C29H32N6O6S2. The first-order valence-corrected chi connectivity index (χ1v) is 16.7. The first-order valence-electron chi connectivity index (χ1n) is 13.0. The maximum Gasteiger partial charge on any atom is 0.261 e. The molecule has 1 aliphatic carbocycles. The zero-order chi connectivity index (χ0) is 31.4. The number of nitrogen functional groups attached to an aromatic ring is 1. The number of hydrogen-bond acceptors (Lipinski definition) is 9. The predicted molar refractivity (Wildman–Crippen MR) is 167 cm³/mol. The third kappa shape index (κ3) is 8.43. The Bertz CT molecular complexity index is 1900. The summed E-state index contributed by atoms with van der Waals surface area (Å²) in [5.41, 5.74) is 19.0. The highest BCUT2D eigenvalue weighted by Crippen LogP contribution is 2.39. The summed E-state index contributed by atoms with van der Waals surface area (Å²) in [5.74, 6) is 1.15. The van der Waals surface area contributed by atoms with E-state index in [0.29, 0.717) is 24.2 Å². The molecule has 0 amide bonds. The maximum atomic E-state index is 9.19. The smallest absolute Gasteiger partial charge is 0.261 e. The van der Waals surface area contributed by atoms with Gasteiger partial charge in [-0.1, -0.05) is 42.5 Å². The number of anilines is 1. The van der Waals surface area contributed by atoms with Crippen molar-refractivity contribution in [1.29, 1.82) is 0 Å². The fourth-order valence-corrected chi connectivity index (χ4v) is 4.55. The minimum atomic E-state index is -3.67. The lowest BCUT2D eigenvalue weighted by Gasteiger charge is -2.38. The molecule has 0 bridgehead atoms. The number of rotatable bonds is 4. The normalized spacial score (nSPS) is 14.1. The maximum absolute atomic E-state index is 9.19. The van der Waals surface area contributed by atoms with E-state index in [9.17, 15) is 16.8 Å². The Hall–Kier alpha value is -4.21. The van der Waals surface area contributed by atoms with Crippen LogP contribution in [0.4, 0.5) is 5.82 Å². The van der Waals surface area contributed by atoms with Gasteiger partial charge in [-0.15, -0.1) is 0 Å². The molecule has 0 aliphatic heterocycles. The highest BCUT2D eigenvalue weighted by Gasteiger charge is 2.34. The summed E-state index contributed by atoms with van der Waals surface area (Å²) >= 11 is 0. The molecule has 0 saturated heterocycles. The largest absolute Gasteiger partial charge is 0.383 e. The van der Waals surface area contributed by atoms with Gasteiger partial charge in [0.05, 0.1) is 23.8 Å². The number of nitrogens with two attached hydrogens (primary N) is 2. The average Bonchev–Trinajstić information content (AvgIpc) is 3.29. The molecule has 0 radical (unpaired) electrons. The summed E-state index contributed by atoms with van der Waals surface area (Å²) in [4.78, 5) is 14.2. The summed E-state index contributed by atoms with van der Waals surface area (Å²) < 4.78 is 53.8. The van der Waals surface area contributed by atoms with Crippen LogP contribution < -0.4 is 11.5 Å². The number of nitrogens with zero attached hydrogens (tertiary/aromatic N) is 4. The molecule has 226 valence electrons. The fraction of sp³-hybridized carbons (Fsp3) is 0.207. The van der Waals surface area contributed by atoms with Gasteiger partial charge in [0.1, 0.15) is 11.3 Å². The minimum absolute atomic E-state index is 0.203. The highest BCUT2D eigenvalue weighted by atomic mass is 32.2. The molecule has 0 spiro atoms. The molecule has 14 heteroatoms. The SMILES string of the molecule is CS(=O)(=O)O.CS(=O)(=O)O.Nc1ncccc1-c1nc2ccc(-c3ccccc3)nc2n1-c1ccc(C2(N)CCC2)cc1. The minimum Gasteiger partial charge on any atom is -0.383 e. The molecule has 12 nitrogen and oxygen atoms in total. The molecule has 5 aromatic rings. The van der Waals surface area contributed by atoms with Gasteiger partial charge >= 0.3 is 0 Å². The molecule has 6 rings (SSSR count). The van der Waals surface area contributed by atoms with Gasteiger partial charge < -0.3 is 11.5 Å². The molecule has 1 saturated carbocycles. The van der Waals surface area contributed by atoms with Crippen molar-refractivity contribution >= 4 is 37.2 Å². The molecule has 3 heterocycles. The van der Waals surface area contributed by atoms with Crippen LogP contribution in [0.2, 0.25) is 0 Å². The van der Waals surface area contributed by atoms with Crippen LogP contribution in [0.1, 0.15) is 24.8 Å². The highest BCUT2D eigenvalue weighted by molar-refractivity contribution is 7.85. The van der Waals surface area contributed by atoms with Crippen LogP contribution in [-0.2, 0) is 25.8 Å². The summed E-state index contributed by atoms with van der Waals surface area (Å²) in [7, 11) is -7.33. The van der Waals surface area contributed by atoms with Gasteiger partial charge in [0.15, 0.2) is 11.5 Å². The Kier molecular flexibility index (Phi) is 9.27. The number of benzene rings is 2. The summed E-state index contributed by atoms with van der Waals surface area (Å²) in [5, 5.41) is 0. The van der Waals surface area contributed by atoms with Crippen LogP contribution in [0.5, 0.6) is 0 Å². The quantitative estimate of drug-likeness (QED) is 0.210. The molecular weight excluding hydrogens is 592 g/mol. The van der Waals surface area contributed by atoms with Crippen LogP contribution in [0.15, 0.2) is 85.1 Å². The summed E-state index contributed by atoms with van der Waals surface area (Å²) in [6.45, 7) is 0. The Morgan fingerprint density at radius 1 is 0.814 bits per heavy atom. The Morgan fingerprint density at radius 3 is 1.95 bits per heavy atom. The number of fused-ring (bicyclic) bond motifs is 1. The Labute approximate surface area is 249 Å². The predicted octanol–water partition coefficient (Wildman–Crippen LogP) is 4.08. The summed E-state index contributed by atoms with van der Waals surface area (Å²) in [6.07, 6.45) is 6.35. The van der Waals surface area contributed by atoms with Gasteiger partial charge in [0, 0.05) is 23.0 Å². The standard InChI is InChI=1S/C27H24N6.2CH4O3S/c28-24-21(8-4-17-30-24)25-32-23-14-13-22(18-6-2-1-3-7-18)31-26(23)33(25)20-11-9-19(10-12-20)27(29)15-5-16-27;2*1-5(2,3)4/h1-4,6-14,17H,5,15-16,29H2,(H2,28,30);2*1H3,(H,2,3,4). The third-order valence-electron chi connectivity index (χ3n) is 6.60. The molecule has 0 unspecified atom stereocenters. The first kappa shape index (κ1) is 31.7. The van der Waals surface area contributed by atoms with Crippen molar-refractivity contribution in [1.82, 2.24) is 19.5 Å². The fourth-order valence-electron chi connectivity index (χ4n) is 4.55. The van der Waals surface area contributed by atoms with Crippen LogP contribution >= 0.6 is 0 Å². The van der Waals surface area contributed by atoms with Crippen molar-refractivity contribution in [2.24, 2.45) is 5.73 Å². The van der Waals surface area contributed by atoms with Crippen molar-refractivity contribution < 1.29 is 25.9 Å². The van der Waals surface area contributed by atoms with E-state index >= 15 is 0 Å². The van der Waals surface area contributed by atoms with E-state index in [1.54, 1.807) is 6.20 Å². The molecule has 1 fully saturated rings. The van der Waals surface area contributed by atoms with Gasteiger partial charge in [-0.3, -0.25) is 13.7 Å². The van der Waals surface area contributed by atoms with E-state index in [4.69, 9.17) is 30.5 Å². The zero-order valence-corrected chi connectivity index (χ0v) is 25.1. The lowest BCUT2D eigenvalue weighted by Crippen LogP contribution is -2.43. The van der Waals surface area contributed by atoms with Gasteiger partial charge in [-0.2, -0.15) is 16.8 Å². The van der Waals surface area contributed by atoms with E-state index in [-0.39, 0.29) is 5.54 Å². The molecule has 3 aromatic heterocycles. The van der Waals surface area contributed by atoms with Gasteiger partial charge in [-0.25, -0.2) is 15.0 Å². The molecule has 0 atom stereocenters. The number of aromatic nitrogens is 4. The number of imidazole rings is 1. The van der Waals surface area contributed by atoms with Crippen molar-refractivity contribution in [2.75, 3.05) is 18.2 Å². The first-order chi connectivity index (χ1) is 20.1. The Morgan fingerprint density at radius 2 is 1.42 bits per heavy atom.